The summed E-state index contributed by atoms with van der Waals surface area (Å²) in [5.41, 5.74) is 0.0134. The highest BCUT2D eigenvalue weighted by atomic mass is 32.2. The third kappa shape index (κ3) is 3.76. The first-order valence-corrected chi connectivity index (χ1v) is 11.0. The van der Waals surface area contributed by atoms with E-state index in [1.54, 1.807) is 16.2 Å². The number of hydrogen-bond donors (Lipinski definition) is 1. The second-order valence-corrected chi connectivity index (χ2v) is 8.20. The number of fused-ring (bicyclic) bond motifs is 1. The molecule has 0 bridgehead atoms. The molecule has 1 N–H and O–H groups in total. The largest absolute Gasteiger partial charge is 0.378 e. The Morgan fingerprint density at radius 3 is 2.63 bits per heavy atom. The van der Waals surface area contributed by atoms with Gasteiger partial charge < -0.3 is 14.2 Å². The van der Waals surface area contributed by atoms with Crippen LogP contribution in [-0.4, -0.2) is 60.2 Å². The fourth-order valence-corrected chi connectivity index (χ4v) is 4.44. The van der Waals surface area contributed by atoms with Gasteiger partial charge in [0, 0.05) is 33.7 Å². The Balaban J connectivity index is 1.60. The van der Waals surface area contributed by atoms with Gasteiger partial charge in [0.1, 0.15) is 5.82 Å². The second kappa shape index (κ2) is 8.64. The van der Waals surface area contributed by atoms with Crippen molar-refractivity contribution in [2.45, 2.75) is 37.2 Å². The van der Waals surface area contributed by atoms with Crippen LogP contribution in [-0.2, 0) is 31.1 Å². The standard InChI is InChI=1S/C18H26N8O3S/c1-4-5-6-26-14-13(15(27)20-17(26)28)23(2)12(19-14)11-30-18-22-21-16(24(18)3)25-7-9-29-10-8-25/h4-11H2,1-3H3,(H,20,27,28). The molecule has 4 heterocycles. The lowest BCUT2D eigenvalue weighted by molar-refractivity contribution is 0.121. The van der Waals surface area contributed by atoms with Gasteiger partial charge in [-0.25, -0.2) is 9.78 Å². The van der Waals surface area contributed by atoms with Gasteiger partial charge in [-0.3, -0.25) is 18.9 Å². The first-order chi connectivity index (χ1) is 14.5. The normalized spacial score (nSPS) is 14.7. The summed E-state index contributed by atoms with van der Waals surface area (Å²) >= 11 is 1.50. The molecule has 4 rings (SSSR count). The number of nitrogens with one attached hydrogen (secondary N) is 1. The molecule has 0 unspecified atom stereocenters. The van der Waals surface area contributed by atoms with E-state index in [-0.39, 0.29) is 0 Å². The van der Waals surface area contributed by atoms with Crippen LogP contribution in [0.2, 0.25) is 0 Å². The van der Waals surface area contributed by atoms with E-state index in [1.807, 2.05) is 11.6 Å². The van der Waals surface area contributed by atoms with E-state index in [1.165, 1.54) is 11.8 Å². The van der Waals surface area contributed by atoms with E-state index in [9.17, 15) is 9.59 Å². The van der Waals surface area contributed by atoms with Crippen LogP contribution >= 0.6 is 11.8 Å². The van der Waals surface area contributed by atoms with Crippen molar-refractivity contribution in [3.05, 3.63) is 26.7 Å². The van der Waals surface area contributed by atoms with E-state index in [0.29, 0.717) is 42.5 Å². The lowest BCUT2D eigenvalue weighted by Crippen LogP contribution is -2.37. The third-order valence-electron chi connectivity index (χ3n) is 5.28. The fourth-order valence-electron chi connectivity index (χ4n) is 3.54. The molecule has 30 heavy (non-hydrogen) atoms. The minimum Gasteiger partial charge on any atom is -0.378 e. The zero-order valence-corrected chi connectivity index (χ0v) is 18.2. The maximum Gasteiger partial charge on any atom is 0.330 e. The van der Waals surface area contributed by atoms with Gasteiger partial charge in [-0.1, -0.05) is 25.1 Å². The smallest absolute Gasteiger partial charge is 0.330 e. The number of hydrogen-bond acceptors (Lipinski definition) is 8. The quantitative estimate of drug-likeness (QED) is 0.534. The van der Waals surface area contributed by atoms with Crippen molar-refractivity contribution in [2.24, 2.45) is 14.1 Å². The summed E-state index contributed by atoms with van der Waals surface area (Å²) in [7, 11) is 3.74. The maximum atomic E-state index is 12.4. The Labute approximate surface area is 177 Å². The molecule has 0 spiro atoms. The Morgan fingerprint density at radius 1 is 1.13 bits per heavy atom. The van der Waals surface area contributed by atoms with Gasteiger partial charge in [0.2, 0.25) is 5.95 Å². The van der Waals surface area contributed by atoms with Gasteiger partial charge in [-0.15, -0.1) is 10.2 Å². The summed E-state index contributed by atoms with van der Waals surface area (Å²) in [5, 5.41) is 9.40. The molecule has 1 aliphatic heterocycles. The summed E-state index contributed by atoms with van der Waals surface area (Å²) in [6.07, 6.45) is 1.78. The van der Waals surface area contributed by atoms with E-state index in [2.05, 4.69) is 32.0 Å². The molecule has 162 valence electrons. The number of rotatable bonds is 7. The molecule has 3 aromatic heterocycles. The van der Waals surface area contributed by atoms with E-state index >= 15 is 0 Å². The van der Waals surface area contributed by atoms with Gasteiger partial charge in [-0.05, 0) is 6.42 Å². The van der Waals surface area contributed by atoms with Gasteiger partial charge in [0.15, 0.2) is 16.3 Å². The van der Waals surface area contributed by atoms with Crippen LogP contribution in [0.25, 0.3) is 11.2 Å². The fraction of sp³-hybridized carbons (Fsp3) is 0.611. The summed E-state index contributed by atoms with van der Waals surface area (Å²) in [6.45, 7) is 5.53. The molecule has 1 aliphatic rings. The number of morpholine rings is 1. The predicted molar refractivity (Wildman–Crippen MR) is 114 cm³/mol. The number of nitrogens with zero attached hydrogens (tertiary/aromatic N) is 7. The average molecular weight is 435 g/mol. The van der Waals surface area contributed by atoms with Gasteiger partial charge in [-0.2, -0.15) is 0 Å². The second-order valence-electron chi connectivity index (χ2n) is 7.25. The number of unbranched alkanes of at least 4 members (excludes halogenated alkanes) is 1. The Morgan fingerprint density at radius 2 is 1.90 bits per heavy atom. The molecule has 0 amide bonds. The number of ether oxygens (including phenoxy) is 1. The molecule has 1 fully saturated rings. The highest BCUT2D eigenvalue weighted by molar-refractivity contribution is 7.98. The molecule has 0 aromatic carbocycles. The molecular weight excluding hydrogens is 408 g/mol. The topological polar surface area (TPSA) is 116 Å². The van der Waals surface area contributed by atoms with Crippen molar-refractivity contribution < 1.29 is 4.74 Å². The third-order valence-corrected chi connectivity index (χ3v) is 6.29. The van der Waals surface area contributed by atoms with E-state index in [4.69, 9.17) is 4.74 Å². The lowest BCUT2D eigenvalue weighted by Gasteiger charge is -2.27. The van der Waals surface area contributed by atoms with E-state index < -0.39 is 11.2 Å². The SMILES string of the molecule is CCCCn1c(=O)[nH]c(=O)c2c1nc(CSc1nnc(N3CCOCC3)n1C)n2C. The number of imidazole rings is 1. The maximum absolute atomic E-state index is 12.4. The first-order valence-electron chi connectivity index (χ1n) is 10.0. The summed E-state index contributed by atoms with van der Waals surface area (Å²) in [5.74, 6) is 2.02. The average Bonchev–Trinajstić information content (AvgIpc) is 3.27. The molecule has 0 radical (unpaired) electrons. The first kappa shape index (κ1) is 20.7. The molecule has 3 aromatic rings. The van der Waals surface area contributed by atoms with Crippen LogP contribution in [0.15, 0.2) is 14.7 Å². The molecule has 0 aliphatic carbocycles. The van der Waals surface area contributed by atoms with Crippen molar-refractivity contribution in [1.82, 2.24) is 33.9 Å². The minimum absolute atomic E-state index is 0.410. The van der Waals surface area contributed by atoms with E-state index in [0.717, 1.165) is 37.0 Å². The van der Waals surface area contributed by atoms with Crippen molar-refractivity contribution in [1.29, 1.82) is 0 Å². The lowest BCUT2D eigenvalue weighted by atomic mass is 10.3. The monoisotopic (exact) mass is 434 g/mol. The number of aryl methyl sites for hydroxylation is 2. The highest BCUT2D eigenvalue weighted by Crippen LogP contribution is 2.25. The Hall–Kier alpha value is -2.60. The summed E-state index contributed by atoms with van der Waals surface area (Å²) in [4.78, 5) is 33.9. The Bertz CT molecular complexity index is 1150. The van der Waals surface area contributed by atoms with Crippen LogP contribution in [0.1, 0.15) is 25.6 Å². The van der Waals surface area contributed by atoms with Crippen LogP contribution < -0.4 is 16.1 Å². The number of anilines is 1. The number of H-pyrrole nitrogens is 1. The van der Waals surface area contributed by atoms with Crippen molar-refractivity contribution in [3.8, 4) is 0 Å². The minimum atomic E-state index is -0.415. The molecular formula is C18H26N8O3S. The van der Waals surface area contributed by atoms with Crippen LogP contribution in [0.5, 0.6) is 0 Å². The predicted octanol–water partition coefficient (Wildman–Crippen LogP) is 0.481. The zero-order chi connectivity index (χ0) is 21.3. The van der Waals surface area contributed by atoms with Crippen molar-refractivity contribution in [3.63, 3.8) is 0 Å². The van der Waals surface area contributed by atoms with Crippen LogP contribution in [0, 0.1) is 0 Å². The Kier molecular flexibility index (Phi) is 5.95. The van der Waals surface area contributed by atoms with Crippen molar-refractivity contribution >= 4 is 28.9 Å². The number of aromatic amines is 1. The van der Waals surface area contributed by atoms with Gasteiger partial charge >= 0.3 is 5.69 Å². The zero-order valence-electron chi connectivity index (χ0n) is 17.4. The van der Waals surface area contributed by atoms with Crippen LogP contribution in [0.4, 0.5) is 5.95 Å². The van der Waals surface area contributed by atoms with Crippen LogP contribution in [0.3, 0.4) is 0 Å². The summed E-state index contributed by atoms with van der Waals surface area (Å²) < 4.78 is 10.7. The summed E-state index contributed by atoms with van der Waals surface area (Å²) in [6, 6.07) is 0. The number of aromatic nitrogens is 7. The molecule has 11 nitrogen and oxygen atoms in total. The molecule has 12 heteroatoms. The highest BCUT2D eigenvalue weighted by Gasteiger charge is 2.20. The molecule has 1 saturated heterocycles. The van der Waals surface area contributed by atoms with Crippen molar-refractivity contribution in [2.75, 3.05) is 31.2 Å². The van der Waals surface area contributed by atoms with Gasteiger partial charge in [0.25, 0.3) is 5.56 Å². The molecule has 0 saturated carbocycles. The number of thioether (sulfide) groups is 1. The molecule has 0 atom stereocenters. The van der Waals surface area contributed by atoms with Gasteiger partial charge in [0.05, 0.1) is 19.0 Å².